The van der Waals surface area contributed by atoms with Crippen LogP contribution in [0.3, 0.4) is 0 Å². The van der Waals surface area contributed by atoms with Gasteiger partial charge in [0, 0.05) is 19.3 Å². The Bertz CT molecular complexity index is 1380. The van der Waals surface area contributed by atoms with Gasteiger partial charge in [0.2, 0.25) is 0 Å². The number of carbonyl (C=O) groups is 3. The average Bonchev–Trinajstić information content (AvgIpc) is 3.30. The van der Waals surface area contributed by atoms with Crippen molar-refractivity contribution in [3.8, 4) is 0 Å². The monoisotopic (exact) mass is 950 g/mol. The van der Waals surface area contributed by atoms with Crippen LogP contribution >= 0.6 is 0 Å². The summed E-state index contributed by atoms with van der Waals surface area (Å²) in [7, 11) is 5.41. The first-order valence-electron chi connectivity index (χ1n) is 27.6. The topological polar surface area (TPSA) is 102 Å². The standard InChI is InChI=1S/C60H103NO7/c1-6-8-10-12-14-16-18-20-22-24-26-28-29-31-33-35-37-39-41-43-45-47-49-51-59(63)68-56(54-66-53-52-57(60(64)65)61(3,4)5)55-67-58(62)50-48-46-44-42-40-38-36-34-32-30-27-25-23-21-19-17-15-13-11-9-7-2/h8,10,14-17,20-23,27,30,34,36,56-57H,6-7,9,11-13,18-19,24-26,28-29,31-33,35,37-55H2,1-5H3/b10-8+,16-14+,17-15+,22-20+,23-21+,30-27+,36-34+. The molecule has 0 spiro atoms. The van der Waals surface area contributed by atoms with Crippen LogP contribution < -0.4 is 5.11 Å². The van der Waals surface area contributed by atoms with Crippen LogP contribution in [0, 0.1) is 0 Å². The Morgan fingerprint density at radius 3 is 1.22 bits per heavy atom. The van der Waals surface area contributed by atoms with Crippen molar-refractivity contribution in [3.05, 3.63) is 85.1 Å². The number of aliphatic carboxylic acids is 1. The number of esters is 2. The van der Waals surface area contributed by atoms with Gasteiger partial charge in [0.1, 0.15) is 12.6 Å². The molecular weight excluding hydrogens is 847 g/mol. The van der Waals surface area contributed by atoms with Crippen LogP contribution in [0.5, 0.6) is 0 Å². The Hall–Kier alpha value is -3.49. The van der Waals surface area contributed by atoms with Gasteiger partial charge in [-0.1, -0.05) is 202 Å². The van der Waals surface area contributed by atoms with Gasteiger partial charge < -0.3 is 28.6 Å². The van der Waals surface area contributed by atoms with Crippen LogP contribution in [0.25, 0.3) is 0 Å². The molecule has 0 aromatic rings. The van der Waals surface area contributed by atoms with Crippen molar-refractivity contribution in [2.75, 3.05) is 41.0 Å². The van der Waals surface area contributed by atoms with Crippen molar-refractivity contribution in [1.82, 2.24) is 0 Å². The summed E-state index contributed by atoms with van der Waals surface area (Å²) in [5.74, 6) is -1.76. The van der Waals surface area contributed by atoms with Gasteiger partial charge in [-0.15, -0.1) is 0 Å². The molecule has 0 saturated carbocycles. The van der Waals surface area contributed by atoms with Crippen molar-refractivity contribution < 1.29 is 38.2 Å². The molecule has 2 atom stereocenters. The molecule has 0 aliphatic heterocycles. The number of carbonyl (C=O) groups excluding carboxylic acids is 3. The fourth-order valence-electron chi connectivity index (χ4n) is 7.78. The second kappa shape index (κ2) is 49.9. The van der Waals surface area contributed by atoms with E-state index in [2.05, 4.69) is 98.9 Å². The average molecular weight is 950 g/mol. The fraction of sp³-hybridized carbons (Fsp3) is 0.717. The first-order valence-corrected chi connectivity index (χ1v) is 27.6. The van der Waals surface area contributed by atoms with Gasteiger partial charge in [-0.3, -0.25) is 9.59 Å². The van der Waals surface area contributed by atoms with Crippen molar-refractivity contribution in [1.29, 1.82) is 0 Å². The molecule has 0 rings (SSSR count). The van der Waals surface area contributed by atoms with E-state index in [0.29, 0.717) is 12.8 Å². The predicted octanol–water partition coefficient (Wildman–Crippen LogP) is 15.1. The number of likely N-dealkylation sites (N-methyl/N-ethyl adjacent to an activating group) is 1. The van der Waals surface area contributed by atoms with Crippen molar-refractivity contribution in [2.45, 2.75) is 238 Å². The molecule has 0 N–H and O–H groups in total. The molecule has 390 valence electrons. The van der Waals surface area contributed by atoms with Gasteiger partial charge in [-0.05, 0) is 89.9 Å². The summed E-state index contributed by atoms with van der Waals surface area (Å²) in [5.41, 5.74) is 0. The smallest absolute Gasteiger partial charge is 0.306 e. The molecule has 0 fully saturated rings. The molecular formula is C60H103NO7. The number of nitrogens with zero attached hydrogens (tertiary/aromatic N) is 1. The van der Waals surface area contributed by atoms with Gasteiger partial charge in [0.25, 0.3) is 0 Å². The zero-order chi connectivity index (χ0) is 49.9. The number of hydrogen-bond donors (Lipinski definition) is 0. The molecule has 0 saturated heterocycles. The third-order valence-corrected chi connectivity index (χ3v) is 12.0. The lowest BCUT2D eigenvalue weighted by atomic mass is 10.0. The summed E-state index contributed by atoms with van der Waals surface area (Å²) < 4.78 is 17.3. The minimum atomic E-state index is -1.13. The molecule has 0 aromatic heterocycles. The fourth-order valence-corrected chi connectivity index (χ4v) is 7.78. The number of carboxylic acid groups (broad SMARTS) is 1. The largest absolute Gasteiger partial charge is 0.544 e. The van der Waals surface area contributed by atoms with E-state index < -0.39 is 18.1 Å². The number of ether oxygens (including phenoxy) is 3. The van der Waals surface area contributed by atoms with Crippen molar-refractivity contribution in [2.24, 2.45) is 0 Å². The summed E-state index contributed by atoms with van der Waals surface area (Å²) in [5, 5.41) is 11.7. The summed E-state index contributed by atoms with van der Waals surface area (Å²) in [6.45, 7) is 4.52. The van der Waals surface area contributed by atoms with E-state index in [9.17, 15) is 19.5 Å². The van der Waals surface area contributed by atoms with Crippen LogP contribution in [0.4, 0.5) is 0 Å². The number of rotatable bonds is 49. The lowest BCUT2D eigenvalue weighted by molar-refractivity contribution is -0.889. The maximum absolute atomic E-state index is 12.8. The van der Waals surface area contributed by atoms with Crippen LogP contribution in [0.2, 0.25) is 0 Å². The van der Waals surface area contributed by atoms with Gasteiger partial charge in [-0.2, -0.15) is 0 Å². The third kappa shape index (κ3) is 47.6. The van der Waals surface area contributed by atoms with E-state index in [-0.39, 0.29) is 42.7 Å². The summed E-state index contributed by atoms with van der Waals surface area (Å²) in [6, 6.07) is -0.734. The Morgan fingerprint density at radius 1 is 0.456 bits per heavy atom. The van der Waals surface area contributed by atoms with E-state index >= 15 is 0 Å². The van der Waals surface area contributed by atoms with Gasteiger partial charge in [0.05, 0.1) is 40.3 Å². The number of hydrogen-bond acceptors (Lipinski definition) is 7. The normalized spacial score (nSPS) is 13.5. The summed E-state index contributed by atoms with van der Waals surface area (Å²) in [4.78, 5) is 37.1. The zero-order valence-corrected chi connectivity index (χ0v) is 44.5. The van der Waals surface area contributed by atoms with E-state index in [1.807, 2.05) is 0 Å². The summed E-state index contributed by atoms with van der Waals surface area (Å²) >= 11 is 0. The first kappa shape index (κ1) is 64.5. The minimum Gasteiger partial charge on any atom is -0.544 e. The molecule has 0 aliphatic carbocycles. The van der Waals surface area contributed by atoms with E-state index in [1.54, 1.807) is 21.1 Å². The van der Waals surface area contributed by atoms with Crippen molar-refractivity contribution in [3.63, 3.8) is 0 Å². The first-order chi connectivity index (χ1) is 33.1. The van der Waals surface area contributed by atoms with Crippen LogP contribution in [0.15, 0.2) is 85.1 Å². The van der Waals surface area contributed by atoms with Crippen LogP contribution in [-0.4, -0.2) is 75.5 Å². The number of unbranched alkanes of at least 4 members (excludes halogenated alkanes) is 21. The molecule has 8 heteroatoms. The van der Waals surface area contributed by atoms with Crippen LogP contribution in [0.1, 0.15) is 226 Å². The minimum absolute atomic E-state index is 0.0309. The quantitative estimate of drug-likeness (QED) is 0.0259. The molecule has 0 aliphatic rings. The highest BCUT2D eigenvalue weighted by Crippen LogP contribution is 2.15. The maximum atomic E-state index is 12.8. The Kier molecular flexibility index (Phi) is 47.4. The molecule has 0 bridgehead atoms. The highest BCUT2D eigenvalue weighted by atomic mass is 16.6. The highest BCUT2D eigenvalue weighted by molar-refractivity contribution is 5.70. The number of carboxylic acids is 1. The zero-order valence-electron chi connectivity index (χ0n) is 44.5. The Morgan fingerprint density at radius 2 is 0.824 bits per heavy atom. The molecule has 0 amide bonds. The van der Waals surface area contributed by atoms with Gasteiger partial charge in [-0.25, -0.2) is 0 Å². The van der Waals surface area contributed by atoms with Gasteiger partial charge >= 0.3 is 11.9 Å². The molecule has 0 heterocycles. The second-order valence-electron chi connectivity index (χ2n) is 19.4. The van der Waals surface area contributed by atoms with Gasteiger partial charge in [0.15, 0.2) is 6.10 Å². The lowest BCUT2D eigenvalue weighted by Crippen LogP contribution is -2.55. The molecule has 0 aromatic carbocycles. The maximum Gasteiger partial charge on any atom is 0.306 e. The molecule has 0 radical (unpaired) electrons. The number of quaternary nitrogens is 1. The highest BCUT2D eigenvalue weighted by Gasteiger charge is 2.25. The second-order valence-corrected chi connectivity index (χ2v) is 19.4. The Balaban J connectivity index is 4.24. The third-order valence-electron chi connectivity index (χ3n) is 12.0. The van der Waals surface area contributed by atoms with Crippen LogP contribution in [-0.2, 0) is 28.6 Å². The van der Waals surface area contributed by atoms with Crippen molar-refractivity contribution >= 4 is 17.9 Å². The Labute approximate surface area is 418 Å². The molecule has 8 nitrogen and oxygen atoms in total. The lowest BCUT2D eigenvalue weighted by Gasteiger charge is -2.34. The van der Waals surface area contributed by atoms with E-state index in [4.69, 9.17) is 14.2 Å². The van der Waals surface area contributed by atoms with E-state index in [0.717, 1.165) is 96.3 Å². The summed E-state index contributed by atoms with van der Waals surface area (Å²) in [6.07, 6.45) is 66.1. The van der Waals surface area contributed by atoms with E-state index in [1.165, 1.54) is 96.3 Å². The predicted molar refractivity (Wildman–Crippen MR) is 286 cm³/mol. The molecule has 2 unspecified atom stereocenters. The molecule has 68 heavy (non-hydrogen) atoms. The number of allylic oxidation sites excluding steroid dienone is 14. The SMILES string of the molecule is CC/C=C/C/C=C/C/C=C/CCCCCCCCCCCCCCCC(=O)OC(COCCC(C(=O)[O-])[N+](C)(C)C)COC(=O)CCCCCCC/C=C/C/C=C/C/C=C/C/C=C/CCCCC.